The highest BCUT2D eigenvalue weighted by atomic mass is 16.3. The number of amides is 1. The number of hydrogen-bond donors (Lipinski definition) is 2. The molecule has 4 nitrogen and oxygen atoms in total. The van der Waals surface area contributed by atoms with Gasteiger partial charge in [0.15, 0.2) is 0 Å². The van der Waals surface area contributed by atoms with Crippen LogP contribution in [0.15, 0.2) is 18.2 Å². The highest BCUT2D eigenvalue weighted by Gasteiger charge is 2.38. The van der Waals surface area contributed by atoms with E-state index in [0.29, 0.717) is 17.4 Å². The first kappa shape index (κ1) is 11.5. The molecule has 0 radical (unpaired) electrons. The van der Waals surface area contributed by atoms with Crippen LogP contribution in [0.2, 0.25) is 0 Å². The summed E-state index contributed by atoms with van der Waals surface area (Å²) in [4.78, 5) is 14.3. The lowest BCUT2D eigenvalue weighted by atomic mass is 10.0. The lowest BCUT2D eigenvalue weighted by Gasteiger charge is -2.17. The van der Waals surface area contributed by atoms with Gasteiger partial charge in [0.1, 0.15) is 5.75 Å². The van der Waals surface area contributed by atoms with E-state index in [1.807, 2.05) is 11.8 Å². The summed E-state index contributed by atoms with van der Waals surface area (Å²) in [5.74, 6) is 1.45. The van der Waals surface area contributed by atoms with E-state index in [-0.39, 0.29) is 11.7 Å². The van der Waals surface area contributed by atoms with E-state index in [4.69, 9.17) is 0 Å². The molecule has 4 heteroatoms. The number of aromatic hydroxyl groups is 1. The molecule has 2 N–H and O–H groups in total. The van der Waals surface area contributed by atoms with Gasteiger partial charge in [-0.1, -0.05) is 6.07 Å². The quantitative estimate of drug-likeness (QED) is 0.777. The van der Waals surface area contributed by atoms with E-state index >= 15 is 0 Å². The van der Waals surface area contributed by atoms with E-state index in [2.05, 4.69) is 5.32 Å². The molecule has 3 rings (SSSR count). The van der Waals surface area contributed by atoms with Gasteiger partial charge in [-0.15, -0.1) is 0 Å². The molecule has 0 aromatic heterocycles. The lowest BCUT2D eigenvalue weighted by Crippen LogP contribution is -2.31. The summed E-state index contributed by atoms with van der Waals surface area (Å²) in [5, 5.41) is 13.0. The van der Waals surface area contributed by atoms with Gasteiger partial charge in [0.05, 0.1) is 0 Å². The minimum Gasteiger partial charge on any atom is -0.508 e. The van der Waals surface area contributed by atoms with Crippen LogP contribution in [0.25, 0.3) is 0 Å². The van der Waals surface area contributed by atoms with Crippen molar-refractivity contribution in [1.29, 1.82) is 0 Å². The number of benzene rings is 1. The molecule has 96 valence electrons. The first-order chi connectivity index (χ1) is 8.65. The van der Waals surface area contributed by atoms with Crippen molar-refractivity contribution in [3.05, 3.63) is 29.3 Å². The number of likely N-dealkylation sites (tertiary alicyclic amines) is 1. The second-order valence-electron chi connectivity index (χ2n) is 5.39. The molecule has 2 atom stereocenters. The molecule has 1 aromatic rings. The summed E-state index contributed by atoms with van der Waals surface area (Å²) < 4.78 is 0. The van der Waals surface area contributed by atoms with E-state index in [9.17, 15) is 9.90 Å². The van der Waals surface area contributed by atoms with Crippen LogP contribution in [0, 0.1) is 18.8 Å². The van der Waals surface area contributed by atoms with Gasteiger partial charge < -0.3 is 15.3 Å². The molecule has 0 aliphatic carbocycles. The van der Waals surface area contributed by atoms with Crippen LogP contribution >= 0.6 is 0 Å². The van der Waals surface area contributed by atoms with Gasteiger partial charge >= 0.3 is 0 Å². The summed E-state index contributed by atoms with van der Waals surface area (Å²) in [5.41, 5.74) is 1.39. The zero-order valence-electron chi connectivity index (χ0n) is 10.5. The van der Waals surface area contributed by atoms with Crippen molar-refractivity contribution < 1.29 is 9.90 Å². The fraction of sp³-hybridized carbons (Fsp3) is 0.500. The number of rotatable bonds is 1. The van der Waals surface area contributed by atoms with Crippen molar-refractivity contribution in [2.75, 3.05) is 26.2 Å². The highest BCUT2D eigenvalue weighted by molar-refractivity contribution is 5.95. The minimum absolute atomic E-state index is 0.0414. The van der Waals surface area contributed by atoms with Crippen LogP contribution in [0.1, 0.15) is 15.9 Å². The van der Waals surface area contributed by atoms with Gasteiger partial charge in [0.25, 0.3) is 5.91 Å². The summed E-state index contributed by atoms with van der Waals surface area (Å²) >= 11 is 0. The van der Waals surface area contributed by atoms with Crippen molar-refractivity contribution in [1.82, 2.24) is 10.2 Å². The fourth-order valence-corrected chi connectivity index (χ4v) is 2.95. The molecule has 1 aromatic carbocycles. The lowest BCUT2D eigenvalue weighted by molar-refractivity contribution is 0.0781. The molecule has 2 aliphatic rings. The monoisotopic (exact) mass is 246 g/mol. The van der Waals surface area contributed by atoms with Crippen LogP contribution < -0.4 is 5.32 Å². The first-order valence-electron chi connectivity index (χ1n) is 6.45. The summed E-state index contributed by atoms with van der Waals surface area (Å²) in [6.45, 7) is 5.55. The molecule has 0 saturated carbocycles. The maximum Gasteiger partial charge on any atom is 0.254 e. The topological polar surface area (TPSA) is 52.6 Å². The summed E-state index contributed by atoms with van der Waals surface area (Å²) in [7, 11) is 0. The van der Waals surface area contributed by atoms with E-state index in [1.54, 1.807) is 18.2 Å². The van der Waals surface area contributed by atoms with Crippen molar-refractivity contribution in [3.8, 4) is 5.75 Å². The number of hydrogen-bond acceptors (Lipinski definition) is 3. The Labute approximate surface area is 107 Å². The molecular formula is C14H18N2O2. The number of phenolic OH excluding ortho intramolecular Hbond substituents is 1. The van der Waals surface area contributed by atoms with Gasteiger partial charge in [-0.25, -0.2) is 0 Å². The Kier molecular flexibility index (Phi) is 2.74. The maximum atomic E-state index is 12.3. The van der Waals surface area contributed by atoms with E-state index in [1.165, 1.54) is 0 Å². The van der Waals surface area contributed by atoms with E-state index in [0.717, 1.165) is 31.7 Å². The first-order valence-corrected chi connectivity index (χ1v) is 6.45. The summed E-state index contributed by atoms with van der Waals surface area (Å²) in [6, 6.07) is 5.16. The Morgan fingerprint density at radius 2 is 2.00 bits per heavy atom. The zero-order chi connectivity index (χ0) is 12.7. The SMILES string of the molecule is Cc1ccc(C(=O)N2C[C@H]3CNC[C@H]3C2)cc1O. The molecule has 1 amide bonds. The second-order valence-corrected chi connectivity index (χ2v) is 5.39. The molecule has 2 heterocycles. The van der Waals surface area contributed by atoms with Gasteiger partial charge in [-0.05, 0) is 36.5 Å². The number of carbonyl (C=O) groups excluding carboxylic acids is 1. The number of fused-ring (bicyclic) bond motifs is 1. The predicted octanol–water partition coefficient (Wildman–Crippen LogP) is 0.992. The second kappa shape index (κ2) is 4.28. The Hall–Kier alpha value is -1.55. The third-order valence-electron chi connectivity index (χ3n) is 4.13. The van der Waals surface area contributed by atoms with Crippen LogP contribution in [-0.4, -0.2) is 42.1 Å². The zero-order valence-corrected chi connectivity index (χ0v) is 10.5. The Bertz CT molecular complexity index is 475. The smallest absolute Gasteiger partial charge is 0.254 e. The minimum atomic E-state index is 0.0414. The molecule has 0 bridgehead atoms. The average molecular weight is 246 g/mol. The van der Waals surface area contributed by atoms with Crippen LogP contribution in [-0.2, 0) is 0 Å². The normalized spacial score (nSPS) is 26.4. The third-order valence-corrected chi connectivity index (χ3v) is 4.13. The maximum absolute atomic E-state index is 12.3. The largest absolute Gasteiger partial charge is 0.508 e. The van der Waals surface area contributed by atoms with Gasteiger partial charge in [-0.2, -0.15) is 0 Å². The Balaban J connectivity index is 1.77. The molecule has 2 saturated heterocycles. The van der Waals surface area contributed by atoms with Crippen LogP contribution in [0.5, 0.6) is 5.75 Å². The molecule has 2 fully saturated rings. The number of phenols is 1. The van der Waals surface area contributed by atoms with E-state index < -0.39 is 0 Å². The van der Waals surface area contributed by atoms with Crippen molar-refractivity contribution in [2.45, 2.75) is 6.92 Å². The molecule has 0 spiro atoms. The molecule has 2 aliphatic heterocycles. The standard InChI is InChI=1S/C14H18N2O2/c1-9-2-3-10(4-13(9)17)14(18)16-7-11-5-15-6-12(11)8-16/h2-4,11-12,15,17H,5-8H2,1H3/t11-,12+. The predicted molar refractivity (Wildman–Crippen MR) is 68.6 cm³/mol. The van der Waals surface area contributed by atoms with Crippen LogP contribution in [0.4, 0.5) is 0 Å². The molecule has 0 unspecified atom stereocenters. The molecule has 18 heavy (non-hydrogen) atoms. The highest BCUT2D eigenvalue weighted by Crippen LogP contribution is 2.28. The van der Waals surface area contributed by atoms with Gasteiger partial charge in [0.2, 0.25) is 0 Å². The number of aryl methyl sites for hydroxylation is 1. The summed E-state index contributed by atoms with van der Waals surface area (Å²) in [6.07, 6.45) is 0. The van der Waals surface area contributed by atoms with Crippen molar-refractivity contribution in [2.24, 2.45) is 11.8 Å². The van der Waals surface area contributed by atoms with Crippen LogP contribution in [0.3, 0.4) is 0 Å². The van der Waals surface area contributed by atoms with Gasteiger partial charge in [0, 0.05) is 31.7 Å². The van der Waals surface area contributed by atoms with Crippen molar-refractivity contribution in [3.63, 3.8) is 0 Å². The number of nitrogens with zero attached hydrogens (tertiary/aromatic N) is 1. The van der Waals surface area contributed by atoms with Gasteiger partial charge in [-0.3, -0.25) is 4.79 Å². The third kappa shape index (κ3) is 1.86. The number of nitrogens with one attached hydrogen (secondary N) is 1. The van der Waals surface area contributed by atoms with Crippen molar-refractivity contribution >= 4 is 5.91 Å². The number of carbonyl (C=O) groups is 1. The average Bonchev–Trinajstić information content (AvgIpc) is 2.92. The fourth-order valence-electron chi connectivity index (χ4n) is 2.95. The Morgan fingerprint density at radius 1 is 1.33 bits per heavy atom. The molecular weight excluding hydrogens is 228 g/mol. The Morgan fingerprint density at radius 3 is 2.61 bits per heavy atom.